The molecule has 0 saturated heterocycles. The summed E-state index contributed by atoms with van der Waals surface area (Å²) in [6, 6.07) is 9.77. The highest BCUT2D eigenvalue weighted by Crippen LogP contribution is 2.21. The molecule has 0 unspecified atom stereocenters. The fraction of sp³-hybridized carbons (Fsp3) is 0.278. The molecule has 0 fully saturated rings. The average Bonchev–Trinajstić information content (AvgIpc) is 3.18. The number of primary sulfonamides is 1. The van der Waals surface area contributed by atoms with E-state index in [0.717, 1.165) is 17.4 Å². The van der Waals surface area contributed by atoms with Crippen molar-refractivity contribution in [1.82, 2.24) is 0 Å². The van der Waals surface area contributed by atoms with Crippen LogP contribution in [-0.4, -0.2) is 40.1 Å². The quantitative estimate of drug-likeness (QED) is 0.591. The summed E-state index contributed by atoms with van der Waals surface area (Å²) in [5, 5.41) is 15.1. The maximum Gasteiger partial charge on any atom is 0.339 e. The number of ether oxygens (including phenoxy) is 2. The van der Waals surface area contributed by atoms with Crippen molar-refractivity contribution in [3.63, 3.8) is 0 Å². The number of nitrogens with two attached hydrogens (primary N) is 1. The SMILES string of the molecule is CCOc1ccc(N(CCC#N)C(=O)COC(=O)c2csc(S(N)(=O)=O)c2)cc1. The van der Waals surface area contributed by atoms with Gasteiger partial charge in [-0.2, -0.15) is 5.26 Å². The molecule has 1 heterocycles. The monoisotopic (exact) mass is 437 g/mol. The molecule has 0 spiro atoms. The Labute approximate surface area is 172 Å². The van der Waals surface area contributed by atoms with Crippen LogP contribution in [0.15, 0.2) is 39.9 Å². The Morgan fingerprint density at radius 3 is 2.52 bits per heavy atom. The molecular weight excluding hydrogens is 418 g/mol. The van der Waals surface area contributed by atoms with Gasteiger partial charge in [0.1, 0.15) is 9.96 Å². The summed E-state index contributed by atoms with van der Waals surface area (Å²) in [5.74, 6) is -0.741. The lowest BCUT2D eigenvalue weighted by Gasteiger charge is -2.22. The van der Waals surface area contributed by atoms with Gasteiger partial charge in [-0.1, -0.05) is 0 Å². The van der Waals surface area contributed by atoms with Crippen molar-refractivity contribution in [2.45, 2.75) is 17.6 Å². The van der Waals surface area contributed by atoms with E-state index < -0.39 is 28.5 Å². The number of nitrogens with zero attached hydrogens (tertiary/aromatic N) is 2. The molecule has 0 radical (unpaired) electrons. The third kappa shape index (κ3) is 6.28. The van der Waals surface area contributed by atoms with Crippen LogP contribution < -0.4 is 14.8 Å². The number of carbonyl (C=O) groups excluding carboxylic acids is 2. The van der Waals surface area contributed by atoms with Gasteiger partial charge in [-0.15, -0.1) is 11.3 Å². The molecule has 2 rings (SSSR count). The summed E-state index contributed by atoms with van der Waals surface area (Å²) in [6.07, 6.45) is 0.0924. The molecule has 1 amide bonds. The first kappa shape index (κ1) is 22.4. The van der Waals surface area contributed by atoms with Gasteiger partial charge in [0.25, 0.3) is 5.91 Å². The molecule has 2 aromatic rings. The zero-order chi connectivity index (χ0) is 21.4. The first-order valence-electron chi connectivity index (χ1n) is 8.45. The molecule has 9 nitrogen and oxygen atoms in total. The Hall–Kier alpha value is -2.94. The average molecular weight is 437 g/mol. The normalized spacial score (nSPS) is 10.8. The molecule has 0 aliphatic heterocycles. The van der Waals surface area contributed by atoms with E-state index in [1.807, 2.05) is 13.0 Å². The molecular formula is C18H19N3O6S2. The molecule has 0 atom stereocenters. The van der Waals surface area contributed by atoms with E-state index in [-0.39, 0.29) is 22.7 Å². The summed E-state index contributed by atoms with van der Waals surface area (Å²) < 4.78 is 32.7. The number of benzene rings is 1. The predicted octanol–water partition coefficient (Wildman–Crippen LogP) is 1.90. The Morgan fingerprint density at radius 1 is 1.28 bits per heavy atom. The molecule has 29 heavy (non-hydrogen) atoms. The Balaban J connectivity index is 2.06. The summed E-state index contributed by atoms with van der Waals surface area (Å²) >= 11 is 0.782. The number of amides is 1. The molecule has 0 aliphatic carbocycles. The van der Waals surface area contributed by atoms with Crippen molar-refractivity contribution >= 4 is 38.9 Å². The van der Waals surface area contributed by atoms with Crippen LogP contribution in [0.5, 0.6) is 5.75 Å². The van der Waals surface area contributed by atoms with E-state index in [1.165, 1.54) is 10.3 Å². The van der Waals surface area contributed by atoms with Gasteiger partial charge in [0.15, 0.2) is 6.61 Å². The predicted molar refractivity (Wildman–Crippen MR) is 106 cm³/mol. The number of hydrogen-bond donors (Lipinski definition) is 1. The highest BCUT2D eigenvalue weighted by atomic mass is 32.2. The maximum atomic E-state index is 12.6. The van der Waals surface area contributed by atoms with Gasteiger partial charge < -0.3 is 14.4 Å². The molecule has 154 valence electrons. The molecule has 1 aromatic heterocycles. The fourth-order valence-corrected chi connectivity index (χ4v) is 3.88. The van der Waals surface area contributed by atoms with Crippen LogP contribution in [0, 0.1) is 11.3 Å². The highest BCUT2D eigenvalue weighted by Gasteiger charge is 2.20. The topological polar surface area (TPSA) is 140 Å². The molecule has 1 aromatic carbocycles. The van der Waals surface area contributed by atoms with Gasteiger partial charge >= 0.3 is 5.97 Å². The van der Waals surface area contributed by atoms with E-state index in [1.54, 1.807) is 24.3 Å². The summed E-state index contributed by atoms with van der Waals surface area (Å²) in [7, 11) is -3.92. The van der Waals surface area contributed by atoms with E-state index in [9.17, 15) is 18.0 Å². The van der Waals surface area contributed by atoms with E-state index >= 15 is 0 Å². The first-order valence-corrected chi connectivity index (χ1v) is 10.9. The minimum atomic E-state index is -3.92. The third-order valence-electron chi connectivity index (χ3n) is 3.63. The highest BCUT2D eigenvalue weighted by molar-refractivity contribution is 7.91. The van der Waals surface area contributed by atoms with Gasteiger partial charge in [0.2, 0.25) is 10.0 Å². The molecule has 11 heteroatoms. The Bertz CT molecular complexity index is 1010. The van der Waals surface area contributed by atoms with Crippen molar-refractivity contribution in [3.8, 4) is 11.8 Å². The van der Waals surface area contributed by atoms with Crippen LogP contribution in [0.25, 0.3) is 0 Å². The van der Waals surface area contributed by atoms with Crippen molar-refractivity contribution in [3.05, 3.63) is 41.3 Å². The first-order chi connectivity index (χ1) is 13.8. The van der Waals surface area contributed by atoms with E-state index in [0.29, 0.717) is 18.0 Å². The second-order valence-electron chi connectivity index (χ2n) is 5.66. The number of nitriles is 1. The molecule has 0 aliphatic rings. The Kier molecular flexibility index (Phi) is 7.72. The van der Waals surface area contributed by atoms with Crippen LogP contribution in [0.1, 0.15) is 23.7 Å². The number of rotatable bonds is 9. The number of carbonyl (C=O) groups is 2. The number of anilines is 1. The smallest absolute Gasteiger partial charge is 0.339 e. The van der Waals surface area contributed by atoms with Crippen molar-refractivity contribution in [1.29, 1.82) is 5.26 Å². The van der Waals surface area contributed by atoms with Gasteiger partial charge in [0, 0.05) is 17.6 Å². The number of thiophene rings is 1. The largest absolute Gasteiger partial charge is 0.494 e. The Morgan fingerprint density at radius 2 is 1.97 bits per heavy atom. The zero-order valence-corrected chi connectivity index (χ0v) is 17.2. The second-order valence-corrected chi connectivity index (χ2v) is 8.36. The minimum absolute atomic E-state index is 0.0172. The lowest BCUT2D eigenvalue weighted by atomic mass is 10.2. The van der Waals surface area contributed by atoms with Crippen LogP contribution in [-0.2, 0) is 19.6 Å². The van der Waals surface area contributed by atoms with Crippen LogP contribution in [0.4, 0.5) is 5.69 Å². The van der Waals surface area contributed by atoms with Crippen LogP contribution in [0.2, 0.25) is 0 Å². The molecule has 0 bridgehead atoms. The number of sulfonamides is 1. The number of esters is 1. The lowest BCUT2D eigenvalue weighted by molar-refractivity contribution is -0.121. The zero-order valence-electron chi connectivity index (χ0n) is 15.5. The molecule has 0 saturated carbocycles. The summed E-state index contributed by atoms with van der Waals surface area (Å²) in [6.45, 7) is 1.90. The summed E-state index contributed by atoms with van der Waals surface area (Å²) in [4.78, 5) is 26.0. The van der Waals surface area contributed by atoms with Crippen molar-refractivity contribution < 1.29 is 27.5 Å². The van der Waals surface area contributed by atoms with E-state index in [2.05, 4.69) is 0 Å². The summed E-state index contributed by atoms with van der Waals surface area (Å²) in [5.41, 5.74) is 0.508. The maximum absolute atomic E-state index is 12.6. The lowest BCUT2D eigenvalue weighted by Crippen LogP contribution is -2.35. The van der Waals surface area contributed by atoms with Crippen LogP contribution in [0.3, 0.4) is 0 Å². The van der Waals surface area contributed by atoms with Crippen LogP contribution >= 0.6 is 11.3 Å². The van der Waals surface area contributed by atoms with E-state index in [4.69, 9.17) is 19.9 Å². The minimum Gasteiger partial charge on any atom is -0.494 e. The number of hydrogen-bond acceptors (Lipinski definition) is 8. The fourth-order valence-electron chi connectivity index (χ4n) is 2.31. The standard InChI is InChI=1S/C18H19N3O6S2/c1-2-26-15-6-4-14(5-7-15)21(9-3-8-19)16(22)11-27-18(23)13-10-17(28-12-13)29(20,24)25/h4-7,10,12H,2-3,9,11H2,1H3,(H2,20,24,25). The van der Waals surface area contributed by atoms with Crippen molar-refractivity contribution in [2.24, 2.45) is 5.14 Å². The third-order valence-corrected chi connectivity index (χ3v) is 6.01. The molecule has 2 N–H and O–H groups in total. The van der Waals surface area contributed by atoms with Crippen molar-refractivity contribution in [2.75, 3.05) is 24.7 Å². The van der Waals surface area contributed by atoms with Gasteiger partial charge in [-0.25, -0.2) is 18.4 Å². The van der Waals surface area contributed by atoms with Gasteiger partial charge in [-0.3, -0.25) is 4.79 Å². The van der Waals surface area contributed by atoms with Gasteiger partial charge in [-0.05, 0) is 37.3 Å². The second kappa shape index (κ2) is 10.0. The van der Waals surface area contributed by atoms with Gasteiger partial charge in [0.05, 0.1) is 24.7 Å².